The summed E-state index contributed by atoms with van der Waals surface area (Å²) in [6.45, 7) is 1.59. The van der Waals surface area contributed by atoms with Gasteiger partial charge in [-0.25, -0.2) is 9.78 Å². The first-order valence-electron chi connectivity index (χ1n) is 4.86. The lowest BCUT2D eigenvalue weighted by Gasteiger charge is -2.16. The molecule has 1 atom stereocenters. The van der Waals surface area contributed by atoms with Crippen LogP contribution in [0.2, 0.25) is 0 Å². The molecule has 1 saturated heterocycles. The summed E-state index contributed by atoms with van der Waals surface area (Å²) < 4.78 is 0. The summed E-state index contributed by atoms with van der Waals surface area (Å²) in [7, 11) is 0. The van der Waals surface area contributed by atoms with Crippen LogP contribution in [0.25, 0.3) is 0 Å². The van der Waals surface area contributed by atoms with Gasteiger partial charge in [0, 0.05) is 25.3 Å². The molecule has 1 unspecified atom stereocenters. The van der Waals surface area contributed by atoms with E-state index in [-0.39, 0.29) is 11.6 Å². The predicted octanol–water partition coefficient (Wildman–Crippen LogP) is 0.317. The summed E-state index contributed by atoms with van der Waals surface area (Å²) in [4.78, 5) is 16.9. The van der Waals surface area contributed by atoms with E-state index in [1.807, 2.05) is 4.90 Å². The fourth-order valence-electron chi connectivity index (χ4n) is 1.72. The first-order valence-corrected chi connectivity index (χ1v) is 4.86. The molecule has 0 aliphatic carbocycles. The van der Waals surface area contributed by atoms with Gasteiger partial charge in [0.15, 0.2) is 0 Å². The van der Waals surface area contributed by atoms with E-state index in [0.29, 0.717) is 5.82 Å². The number of aromatic carboxylic acids is 1. The first-order chi connectivity index (χ1) is 7.16. The summed E-state index contributed by atoms with van der Waals surface area (Å²) in [6.07, 6.45) is 2.45. The molecule has 2 heterocycles. The molecule has 5 heteroatoms. The van der Waals surface area contributed by atoms with Gasteiger partial charge in [-0.3, -0.25) is 0 Å². The summed E-state index contributed by atoms with van der Waals surface area (Å²) in [5.74, 6) is -0.231. The van der Waals surface area contributed by atoms with Gasteiger partial charge >= 0.3 is 5.97 Å². The molecule has 0 saturated carbocycles. The Balaban J connectivity index is 2.21. The number of pyridine rings is 1. The molecule has 0 bridgehead atoms. The lowest BCUT2D eigenvalue weighted by Crippen LogP contribution is -2.27. The Morgan fingerprint density at radius 1 is 1.67 bits per heavy atom. The third kappa shape index (κ3) is 2.07. The average molecular weight is 207 g/mol. The van der Waals surface area contributed by atoms with Gasteiger partial charge in [-0.15, -0.1) is 0 Å². The standard InChI is InChI=1S/C10H13N3O2/c11-8-2-4-13(6-8)9-5-7(10(14)15)1-3-12-9/h1,3,5,8H,2,4,6,11H2,(H,14,15). The largest absolute Gasteiger partial charge is 0.478 e. The number of hydrogen-bond donors (Lipinski definition) is 2. The molecule has 0 radical (unpaired) electrons. The maximum atomic E-state index is 10.8. The van der Waals surface area contributed by atoms with E-state index in [1.54, 1.807) is 6.07 Å². The molecule has 3 N–H and O–H groups in total. The Labute approximate surface area is 87.5 Å². The zero-order chi connectivity index (χ0) is 10.8. The van der Waals surface area contributed by atoms with Gasteiger partial charge in [-0.2, -0.15) is 0 Å². The highest BCUT2D eigenvalue weighted by Crippen LogP contribution is 2.17. The summed E-state index contributed by atoms with van der Waals surface area (Å²) >= 11 is 0. The highest BCUT2D eigenvalue weighted by molar-refractivity contribution is 5.88. The molecule has 1 fully saturated rings. The quantitative estimate of drug-likeness (QED) is 0.730. The van der Waals surface area contributed by atoms with Gasteiger partial charge in [0.05, 0.1) is 5.56 Å². The minimum Gasteiger partial charge on any atom is -0.478 e. The van der Waals surface area contributed by atoms with Crippen LogP contribution in [0.15, 0.2) is 18.3 Å². The molecule has 0 aromatic carbocycles. The lowest BCUT2D eigenvalue weighted by atomic mass is 10.2. The van der Waals surface area contributed by atoms with Crippen molar-refractivity contribution in [2.75, 3.05) is 18.0 Å². The van der Waals surface area contributed by atoms with Gasteiger partial charge in [0.1, 0.15) is 5.82 Å². The third-order valence-electron chi connectivity index (χ3n) is 2.54. The van der Waals surface area contributed by atoms with E-state index >= 15 is 0 Å². The summed E-state index contributed by atoms with van der Waals surface area (Å²) in [5.41, 5.74) is 6.04. The zero-order valence-corrected chi connectivity index (χ0v) is 8.26. The van der Waals surface area contributed by atoms with Crippen molar-refractivity contribution in [2.45, 2.75) is 12.5 Å². The van der Waals surface area contributed by atoms with Crippen LogP contribution in [0.5, 0.6) is 0 Å². The normalized spacial score (nSPS) is 20.6. The Morgan fingerprint density at radius 3 is 3.07 bits per heavy atom. The zero-order valence-electron chi connectivity index (χ0n) is 8.26. The van der Waals surface area contributed by atoms with Gasteiger partial charge < -0.3 is 15.7 Å². The topological polar surface area (TPSA) is 79.5 Å². The van der Waals surface area contributed by atoms with Gasteiger partial charge in [0.2, 0.25) is 0 Å². The molecule has 1 aliphatic rings. The monoisotopic (exact) mass is 207 g/mol. The van der Waals surface area contributed by atoms with Gasteiger partial charge in [-0.1, -0.05) is 0 Å². The van der Waals surface area contributed by atoms with Crippen LogP contribution in [0, 0.1) is 0 Å². The van der Waals surface area contributed by atoms with Crippen LogP contribution in [0.4, 0.5) is 5.82 Å². The fraction of sp³-hybridized carbons (Fsp3) is 0.400. The molecule has 0 spiro atoms. The Kier molecular flexibility index (Phi) is 2.55. The average Bonchev–Trinajstić information content (AvgIpc) is 2.65. The Hall–Kier alpha value is -1.62. The van der Waals surface area contributed by atoms with Crippen molar-refractivity contribution in [3.8, 4) is 0 Å². The molecule has 1 aromatic rings. The number of carbonyl (C=O) groups is 1. The van der Waals surface area contributed by atoms with Crippen molar-refractivity contribution in [3.63, 3.8) is 0 Å². The van der Waals surface area contributed by atoms with Crippen LogP contribution >= 0.6 is 0 Å². The number of anilines is 1. The smallest absolute Gasteiger partial charge is 0.335 e. The predicted molar refractivity (Wildman–Crippen MR) is 56.0 cm³/mol. The molecule has 1 aromatic heterocycles. The molecule has 2 rings (SSSR count). The Bertz CT molecular complexity index is 381. The first kappa shape index (κ1) is 9.92. The fourth-order valence-corrected chi connectivity index (χ4v) is 1.72. The maximum Gasteiger partial charge on any atom is 0.335 e. The van der Waals surface area contributed by atoms with E-state index in [2.05, 4.69) is 4.98 Å². The van der Waals surface area contributed by atoms with E-state index in [1.165, 1.54) is 12.3 Å². The number of nitrogens with zero attached hydrogens (tertiary/aromatic N) is 2. The molecular formula is C10H13N3O2. The summed E-state index contributed by atoms with van der Waals surface area (Å²) in [6, 6.07) is 3.24. The molecule has 1 aliphatic heterocycles. The lowest BCUT2D eigenvalue weighted by molar-refractivity contribution is 0.0697. The second kappa shape index (κ2) is 3.86. The van der Waals surface area contributed by atoms with Gasteiger partial charge in [0.25, 0.3) is 0 Å². The van der Waals surface area contributed by atoms with Gasteiger partial charge in [-0.05, 0) is 18.6 Å². The highest BCUT2D eigenvalue weighted by atomic mass is 16.4. The van der Waals surface area contributed by atoms with E-state index < -0.39 is 5.97 Å². The van der Waals surface area contributed by atoms with Crippen molar-refractivity contribution in [2.24, 2.45) is 5.73 Å². The number of hydrogen-bond acceptors (Lipinski definition) is 4. The van der Waals surface area contributed by atoms with Crippen molar-refractivity contribution < 1.29 is 9.90 Å². The number of nitrogens with two attached hydrogens (primary N) is 1. The molecule has 0 amide bonds. The molecular weight excluding hydrogens is 194 g/mol. The van der Waals surface area contributed by atoms with Crippen LogP contribution < -0.4 is 10.6 Å². The maximum absolute atomic E-state index is 10.8. The van der Waals surface area contributed by atoms with E-state index in [0.717, 1.165) is 19.5 Å². The molecule has 5 nitrogen and oxygen atoms in total. The minimum absolute atomic E-state index is 0.167. The number of rotatable bonds is 2. The highest BCUT2D eigenvalue weighted by Gasteiger charge is 2.20. The number of carboxylic acid groups (broad SMARTS) is 1. The second-order valence-electron chi connectivity index (χ2n) is 3.70. The minimum atomic E-state index is -0.929. The molecule has 15 heavy (non-hydrogen) atoms. The number of carboxylic acids is 1. The SMILES string of the molecule is NC1CCN(c2cc(C(=O)O)ccn2)C1. The van der Waals surface area contributed by atoms with Crippen molar-refractivity contribution >= 4 is 11.8 Å². The Morgan fingerprint density at radius 2 is 2.47 bits per heavy atom. The van der Waals surface area contributed by atoms with E-state index in [4.69, 9.17) is 10.8 Å². The molecule has 80 valence electrons. The van der Waals surface area contributed by atoms with Crippen LogP contribution in [-0.4, -0.2) is 35.2 Å². The second-order valence-corrected chi connectivity index (χ2v) is 3.70. The number of aromatic nitrogens is 1. The van der Waals surface area contributed by atoms with E-state index in [9.17, 15) is 4.79 Å². The summed E-state index contributed by atoms with van der Waals surface area (Å²) in [5, 5.41) is 8.83. The third-order valence-corrected chi connectivity index (χ3v) is 2.54. The van der Waals surface area contributed by atoms with Crippen LogP contribution in [0.3, 0.4) is 0 Å². The van der Waals surface area contributed by atoms with Crippen molar-refractivity contribution in [1.29, 1.82) is 0 Å². The van der Waals surface area contributed by atoms with Crippen molar-refractivity contribution in [3.05, 3.63) is 23.9 Å². The van der Waals surface area contributed by atoms with Crippen LogP contribution in [0.1, 0.15) is 16.8 Å². The van der Waals surface area contributed by atoms with Crippen molar-refractivity contribution in [1.82, 2.24) is 4.98 Å². The van der Waals surface area contributed by atoms with Crippen LogP contribution in [-0.2, 0) is 0 Å².